The lowest BCUT2D eigenvalue weighted by atomic mass is 9.96. The quantitative estimate of drug-likeness (QED) is 0.809. The number of amides is 1. The van der Waals surface area contributed by atoms with E-state index < -0.39 is 0 Å². The van der Waals surface area contributed by atoms with Crippen LogP contribution in [0.5, 0.6) is 0 Å². The third-order valence-electron chi connectivity index (χ3n) is 4.04. The summed E-state index contributed by atoms with van der Waals surface area (Å²) < 4.78 is 0. The number of thiazole rings is 1. The molecule has 0 bridgehead atoms. The standard InChI is InChI=1S/C15H19N3OS2.2ClH/c1-9-12(21-14(17-9)11-4-3-7-20-11)13(19)18-15(2,8-16)10-5-6-10;;/h3-4,7,10H,5-6,8,16H2,1-2H3,(H,18,19);2*1H. The average molecular weight is 394 g/mol. The second kappa shape index (κ2) is 7.94. The fraction of sp³-hybridized carbons (Fsp3) is 0.467. The van der Waals surface area contributed by atoms with Crippen molar-refractivity contribution in [1.29, 1.82) is 0 Å². The van der Waals surface area contributed by atoms with Gasteiger partial charge in [-0.3, -0.25) is 4.79 Å². The molecule has 1 aliphatic carbocycles. The van der Waals surface area contributed by atoms with Gasteiger partial charge < -0.3 is 11.1 Å². The molecular weight excluding hydrogens is 373 g/mol. The summed E-state index contributed by atoms with van der Waals surface area (Å²) in [6.07, 6.45) is 2.30. The van der Waals surface area contributed by atoms with Crippen molar-refractivity contribution in [3.05, 3.63) is 28.1 Å². The van der Waals surface area contributed by atoms with Gasteiger partial charge >= 0.3 is 0 Å². The van der Waals surface area contributed by atoms with Gasteiger partial charge in [-0.2, -0.15) is 0 Å². The number of nitrogens with zero attached hydrogens (tertiary/aromatic N) is 1. The zero-order chi connectivity index (χ0) is 15.0. The van der Waals surface area contributed by atoms with Gasteiger partial charge in [0.2, 0.25) is 0 Å². The van der Waals surface area contributed by atoms with Crippen LogP contribution < -0.4 is 11.1 Å². The molecule has 0 spiro atoms. The summed E-state index contributed by atoms with van der Waals surface area (Å²) in [5, 5.41) is 6.06. The normalized spacial score (nSPS) is 16.0. The molecule has 0 aliphatic heterocycles. The molecule has 3 rings (SSSR count). The van der Waals surface area contributed by atoms with Crippen molar-refractivity contribution in [3.63, 3.8) is 0 Å². The Morgan fingerprint density at radius 3 is 2.70 bits per heavy atom. The third-order valence-corrected chi connectivity index (χ3v) is 6.23. The van der Waals surface area contributed by atoms with Crippen LogP contribution >= 0.6 is 47.5 Å². The smallest absolute Gasteiger partial charge is 0.263 e. The summed E-state index contributed by atoms with van der Waals surface area (Å²) >= 11 is 3.09. The number of rotatable bonds is 5. The van der Waals surface area contributed by atoms with Crippen LogP contribution in [0.2, 0.25) is 0 Å². The molecule has 23 heavy (non-hydrogen) atoms. The van der Waals surface area contributed by atoms with Crippen LogP contribution in [0.3, 0.4) is 0 Å². The molecule has 0 saturated heterocycles. The van der Waals surface area contributed by atoms with Crippen molar-refractivity contribution in [1.82, 2.24) is 10.3 Å². The minimum atomic E-state index is -0.295. The second-order valence-electron chi connectivity index (χ2n) is 5.76. The van der Waals surface area contributed by atoms with Gasteiger partial charge in [-0.05, 0) is 44.1 Å². The molecular formula is C15H21Cl2N3OS2. The molecule has 2 aromatic heterocycles. The van der Waals surface area contributed by atoms with E-state index in [4.69, 9.17) is 5.73 Å². The van der Waals surface area contributed by atoms with Crippen molar-refractivity contribution in [2.45, 2.75) is 32.2 Å². The molecule has 1 aliphatic rings. The van der Waals surface area contributed by atoms with Gasteiger partial charge in [0, 0.05) is 6.54 Å². The molecule has 1 fully saturated rings. The zero-order valence-corrected chi connectivity index (χ0v) is 16.3. The molecule has 1 amide bonds. The van der Waals surface area contributed by atoms with E-state index in [0.717, 1.165) is 28.4 Å². The Labute approximate surface area is 156 Å². The van der Waals surface area contributed by atoms with E-state index >= 15 is 0 Å². The predicted octanol–water partition coefficient (Wildman–Crippen LogP) is 3.88. The molecule has 128 valence electrons. The number of nitrogens with one attached hydrogen (secondary N) is 1. The van der Waals surface area contributed by atoms with Gasteiger partial charge in [-0.25, -0.2) is 4.98 Å². The van der Waals surface area contributed by atoms with Crippen molar-refractivity contribution in [2.24, 2.45) is 11.7 Å². The van der Waals surface area contributed by atoms with Crippen LogP contribution in [0.1, 0.15) is 35.1 Å². The number of carbonyl (C=O) groups excluding carboxylic acids is 1. The predicted molar refractivity (Wildman–Crippen MR) is 102 cm³/mol. The van der Waals surface area contributed by atoms with Crippen LogP contribution in [0, 0.1) is 12.8 Å². The summed E-state index contributed by atoms with van der Waals surface area (Å²) in [5.74, 6) is 0.462. The summed E-state index contributed by atoms with van der Waals surface area (Å²) in [7, 11) is 0. The Morgan fingerprint density at radius 1 is 1.48 bits per heavy atom. The Balaban J connectivity index is 0.00000132. The third kappa shape index (κ3) is 4.25. The maximum absolute atomic E-state index is 12.6. The lowest BCUT2D eigenvalue weighted by molar-refractivity contribution is 0.0901. The molecule has 8 heteroatoms. The van der Waals surface area contributed by atoms with Crippen LogP contribution in [-0.2, 0) is 0 Å². The number of nitrogens with two attached hydrogens (primary N) is 1. The molecule has 3 N–H and O–H groups in total. The molecule has 1 unspecified atom stereocenters. The van der Waals surface area contributed by atoms with E-state index in [1.54, 1.807) is 11.3 Å². The highest BCUT2D eigenvalue weighted by Gasteiger charge is 2.42. The number of halogens is 2. The highest BCUT2D eigenvalue weighted by atomic mass is 35.5. The Kier molecular flexibility index (Phi) is 7.04. The summed E-state index contributed by atoms with van der Waals surface area (Å²) in [4.78, 5) is 18.9. The molecule has 2 heterocycles. The Morgan fingerprint density at radius 2 is 2.17 bits per heavy atom. The van der Waals surface area contributed by atoms with Gasteiger partial charge in [0.15, 0.2) is 0 Å². The van der Waals surface area contributed by atoms with E-state index in [0.29, 0.717) is 17.3 Å². The number of carbonyl (C=O) groups is 1. The fourth-order valence-electron chi connectivity index (χ4n) is 2.47. The largest absolute Gasteiger partial charge is 0.345 e. The molecule has 2 aromatic rings. The summed E-state index contributed by atoms with van der Waals surface area (Å²) in [6, 6.07) is 4.02. The minimum Gasteiger partial charge on any atom is -0.345 e. The maximum atomic E-state index is 12.6. The van der Waals surface area contributed by atoms with Gasteiger partial charge in [-0.1, -0.05) is 6.07 Å². The highest BCUT2D eigenvalue weighted by Crippen LogP contribution is 2.39. The van der Waals surface area contributed by atoms with E-state index in [-0.39, 0.29) is 36.3 Å². The first kappa shape index (κ1) is 20.4. The number of aryl methyl sites for hydroxylation is 1. The number of hydrogen-bond acceptors (Lipinski definition) is 5. The minimum absolute atomic E-state index is 0. The second-order valence-corrected chi connectivity index (χ2v) is 7.71. The summed E-state index contributed by atoms with van der Waals surface area (Å²) in [5.41, 5.74) is 6.36. The van der Waals surface area contributed by atoms with Crippen LogP contribution in [0.15, 0.2) is 17.5 Å². The van der Waals surface area contributed by atoms with Crippen molar-refractivity contribution in [2.75, 3.05) is 6.54 Å². The Bertz CT molecular complexity index is 656. The fourth-order valence-corrected chi connectivity index (χ4v) is 4.23. The van der Waals surface area contributed by atoms with Crippen molar-refractivity contribution >= 4 is 53.4 Å². The molecule has 1 saturated carbocycles. The van der Waals surface area contributed by atoms with Gasteiger partial charge in [0.05, 0.1) is 16.1 Å². The first-order chi connectivity index (χ1) is 10.0. The van der Waals surface area contributed by atoms with Crippen LogP contribution in [0.25, 0.3) is 9.88 Å². The Hall–Kier alpha value is -0.660. The number of hydrogen-bond donors (Lipinski definition) is 2. The van der Waals surface area contributed by atoms with Gasteiger partial charge in [0.1, 0.15) is 9.88 Å². The lowest BCUT2D eigenvalue weighted by Crippen LogP contribution is -2.53. The van der Waals surface area contributed by atoms with E-state index in [1.807, 2.05) is 31.4 Å². The molecule has 0 radical (unpaired) electrons. The average Bonchev–Trinajstić information content (AvgIpc) is 3.04. The van der Waals surface area contributed by atoms with Crippen LogP contribution in [0.4, 0.5) is 0 Å². The van der Waals surface area contributed by atoms with Crippen molar-refractivity contribution in [3.8, 4) is 9.88 Å². The van der Waals surface area contributed by atoms with Gasteiger partial charge in [0.25, 0.3) is 5.91 Å². The number of thiophene rings is 1. The lowest BCUT2D eigenvalue weighted by Gasteiger charge is -2.29. The SMILES string of the molecule is Cc1nc(-c2cccs2)sc1C(=O)NC(C)(CN)C1CC1.Cl.Cl. The monoisotopic (exact) mass is 393 g/mol. The maximum Gasteiger partial charge on any atom is 0.263 e. The van der Waals surface area contributed by atoms with Crippen LogP contribution in [-0.4, -0.2) is 23.0 Å². The van der Waals surface area contributed by atoms with E-state index in [1.165, 1.54) is 11.3 Å². The first-order valence-electron chi connectivity index (χ1n) is 7.07. The number of aromatic nitrogens is 1. The molecule has 4 nitrogen and oxygen atoms in total. The van der Waals surface area contributed by atoms with Gasteiger partial charge in [-0.15, -0.1) is 47.5 Å². The topological polar surface area (TPSA) is 68.0 Å². The molecule has 1 atom stereocenters. The highest BCUT2D eigenvalue weighted by molar-refractivity contribution is 7.22. The van der Waals surface area contributed by atoms with E-state index in [9.17, 15) is 4.79 Å². The van der Waals surface area contributed by atoms with E-state index in [2.05, 4.69) is 10.3 Å². The first-order valence-corrected chi connectivity index (χ1v) is 8.77. The zero-order valence-electron chi connectivity index (χ0n) is 13.0. The summed E-state index contributed by atoms with van der Waals surface area (Å²) in [6.45, 7) is 4.40. The molecule has 0 aromatic carbocycles. The van der Waals surface area contributed by atoms with Crippen molar-refractivity contribution < 1.29 is 4.79 Å².